The third-order valence-corrected chi connectivity index (χ3v) is 9.35. The van der Waals surface area contributed by atoms with E-state index in [2.05, 4.69) is 10.2 Å². The van der Waals surface area contributed by atoms with E-state index in [0.717, 1.165) is 11.3 Å². The average Bonchev–Trinajstić information content (AvgIpc) is 3.19. The maximum Gasteiger partial charge on any atom is 0.252 e. The summed E-state index contributed by atoms with van der Waals surface area (Å²) in [6.45, 7) is 0.365. The van der Waals surface area contributed by atoms with Gasteiger partial charge in [0.2, 0.25) is 15.0 Å². The Kier molecular flexibility index (Phi) is 4.29. The average molecular weight is 376 g/mol. The van der Waals surface area contributed by atoms with Crippen LogP contribution in [0, 0.1) is 0 Å². The molecule has 3 rings (SSSR count). The Balaban J connectivity index is 1.76. The van der Waals surface area contributed by atoms with E-state index < -0.39 is 25.1 Å². The summed E-state index contributed by atoms with van der Waals surface area (Å²) in [4.78, 5) is 0. The smallest absolute Gasteiger partial charge is 0.252 e. The van der Waals surface area contributed by atoms with Crippen molar-refractivity contribution in [3.63, 3.8) is 0 Å². The highest BCUT2D eigenvalue weighted by molar-refractivity contribution is 7.92. The van der Waals surface area contributed by atoms with Crippen molar-refractivity contribution in [2.45, 2.75) is 27.5 Å². The van der Waals surface area contributed by atoms with E-state index >= 15 is 0 Å². The molecule has 0 spiro atoms. The van der Waals surface area contributed by atoms with E-state index in [-0.39, 0.29) is 35.3 Å². The van der Waals surface area contributed by atoms with Gasteiger partial charge in [0.15, 0.2) is 0 Å². The molecule has 23 heavy (non-hydrogen) atoms. The van der Waals surface area contributed by atoms with Crippen LogP contribution in [0.3, 0.4) is 0 Å². The van der Waals surface area contributed by atoms with Gasteiger partial charge >= 0.3 is 0 Å². The quantitative estimate of drug-likeness (QED) is 0.770. The van der Waals surface area contributed by atoms with Crippen LogP contribution < -0.4 is 0 Å². The summed E-state index contributed by atoms with van der Waals surface area (Å²) in [5.41, 5.74) is 0. The molecule has 0 aliphatic carbocycles. The molecular formula is C12H16N4O4S3. The second-order valence-electron chi connectivity index (χ2n) is 5.30. The van der Waals surface area contributed by atoms with Crippen molar-refractivity contribution in [3.05, 3.63) is 23.8 Å². The fraction of sp³-hybridized carbons (Fsp3) is 0.500. The van der Waals surface area contributed by atoms with Gasteiger partial charge in [0, 0.05) is 20.1 Å². The minimum atomic E-state index is -3.60. The monoisotopic (exact) mass is 376 g/mol. The summed E-state index contributed by atoms with van der Waals surface area (Å²) in [6, 6.07) is 3.24. The minimum Gasteiger partial charge on any atom is -0.308 e. The van der Waals surface area contributed by atoms with Crippen LogP contribution in [0.25, 0.3) is 0 Å². The molecule has 2 aromatic heterocycles. The predicted molar refractivity (Wildman–Crippen MR) is 84.3 cm³/mol. The van der Waals surface area contributed by atoms with Gasteiger partial charge in [-0.15, -0.1) is 21.5 Å². The van der Waals surface area contributed by atoms with Crippen molar-refractivity contribution in [1.29, 1.82) is 0 Å². The Hall–Kier alpha value is -1.30. The lowest BCUT2D eigenvalue weighted by Gasteiger charge is -2.30. The van der Waals surface area contributed by atoms with Gasteiger partial charge in [-0.05, 0) is 24.3 Å². The molecule has 2 aromatic rings. The van der Waals surface area contributed by atoms with E-state index in [1.807, 2.05) is 0 Å². The Morgan fingerprint density at radius 1 is 1.22 bits per heavy atom. The van der Waals surface area contributed by atoms with E-state index in [9.17, 15) is 16.8 Å². The number of hydrogen-bond donors (Lipinski definition) is 0. The van der Waals surface area contributed by atoms with Crippen LogP contribution in [0.4, 0.5) is 0 Å². The number of sulfone groups is 1. The van der Waals surface area contributed by atoms with Gasteiger partial charge in [0.05, 0.1) is 5.25 Å². The van der Waals surface area contributed by atoms with Crippen molar-refractivity contribution in [1.82, 2.24) is 19.1 Å². The highest BCUT2D eigenvalue weighted by Gasteiger charge is 2.37. The molecule has 0 aromatic carbocycles. The summed E-state index contributed by atoms with van der Waals surface area (Å²) in [5.74, 6) is 0. The molecular weight excluding hydrogens is 360 g/mol. The minimum absolute atomic E-state index is 0.0722. The van der Waals surface area contributed by atoms with Crippen molar-refractivity contribution in [2.75, 3.05) is 13.1 Å². The summed E-state index contributed by atoms with van der Waals surface area (Å²) in [5, 5.41) is 8.26. The molecule has 0 saturated carbocycles. The van der Waals surface area contributed by atoms with Crippen LogP contribution >= 0.6 is 11.3 Å². The molecule has 8 nitrogen and oxygen atoms in total. The second-order valence-corrected chi connectivity index (χ2v) is 10.5. The Morgan fingerprint density at radius 2 is 1.91 bits per heavy atom. The highest BCUT2D eigenvalue weighted by Crippen LogP contribution is 2.28. The number of thiophene rings is 1. The van der Waals surface area contributed by atoms with Crippen LogP contribution in [0.2, 0.25) is 0 Å². The summed E-state index contributed by atoms with van der Waals surface area (Å²) in [6.07, 6.45) is 1.84. The zero-order valence-corrected chi connectivity index (χ0v) is 14.8. The molecule has 1 saturated heterocycles. The van der Waals surface area contributed by atoms with Gasteiger partial charge in [0.25, 0.3) is 10.0 Å². The van der Waals surface area contributed by atoms with E-state index in [1.54, 1.807) is 24.6 Å². The number of hydrogen-bond acceptors (Lipinski definition) is 7. The normalized spacial score (nSPS) is 18.3. The molecule has 0 unspecified atom stereocenters. The van der Waals surface area contributed by atoms with Crippen LogP contribution in [0.1, 0.15) is 12.8 Å². The maximum atomic E-state index is 12.6. The molecule has 11 heteroatoms. The lowest BCUT2D eigenvalue weighted by atomic mass is 10.2. The molecule has 1 fully saturated rings. The molecule has 0 radical (unpaired) electrons. The summed E-state index contributed by atoms with van der Waals surface area (Å²) >= 11 is 1.16. The van der Waals surface area contributed by atoms with E-state index in [0.29, 0.717) is 0 Å². The summed E-state index contributed by atoms with van der Waals surface area (Å²) < 4.78 is 53.0. The van der Waals surface area contributed by atoms with E-state index in [4.69, 9.17) is 0 Å². The lowest BCUT2D eigenvalue weighted by Crippen LogP contribution is -2.42. The number of aromatic nitrogens is 3. The largest absolute Gasteiger partial charge is 0.308 e. The van der Waals surface area contributed by atoms with Gasteiger partial charge in [-0.25, -0.2) is 16.8 Å². The first kappa shape index (κ1) is 16.6. The van der Waals surface area contributed by atoms with Gasteiger partial charge < -0.3 is 4.57 Å². The number of piperidine rings is 1. The number of sulfonamides is 1. The SMILES string of the molecule is Cn1cnnc1S(=O)(=O)C1CCN(S(=O)(=O)c2cccs2)CC1. The molecule has 3 heterocycles. The number of aryl methyl sites for hydroxylation is 1. The van der Waals surface area contributed by atoms with Crippen LogP contribution in [-0.2, 0) is 26.9 Å². The molecule has 1 aliphatic rings. The molecule has 0 amide bonds. The Bertz CT molecular complexity index is 879. The van der Waals surface area contributed by atoms with Gasteiger partial charge in [-0.3, -0.25) is 0 Å². The number of rotatable bonds is 4. The van der Waals surface area contributed by atoms with Crippen molar-refractivity contribution < 1.29 is 16.8 Å². The van der Waals surface area contributed by atoms with Gasteiger partial charge in [-0.1, -0.05) is 6.07 Å². The first-order chi connectivity index (χ1) is 10.8. The molecule has 0 N–H and O–H groups in total. The van der Waals surface area contributed by atoms with Crippen LogP contribution in [0.5, 0.6) is 0 Å². The zero-order valence-electron chi connectivity index (χ0n) is 12.4. The van der Waals surface area contributed by atoms with Gasteiger partial charge in [-0.2, -0.15) is 4.31 Å². The predicted octanol–water partition coefficient (Wildman–Crippen LogP) is 0.504. The fourth-order valence-corrected chi connectivity index (χ4v) is 6.95. The fourth-order valence-electron chi connectivity index (χ4n) is 2.60. The Morgan fingerprint density at radius 3 is 2.43 bits per heavy atom. The first-order valence-electron chi connectivity index (χ1n) is 6.95. The number of nitrogens with zero attached hydrogens (tertiary/aromatic N) is 4. The van der Waals surface area contributed by atoms with Crippen molar-refractivity contribution >= 4 is 31.2 Å². The standard InChI is InChI=1S/C12H16N4O4S3/c1-15-9-13-14-12(15)22(17,18)10-4-6-16(7-5-10)23(19,20)11-3-2-8-21-11/h2-3,8-10H,4-7H2,1H3. The third kappa shape index (κ3) is 2.93. The topological polar surface area (TPSA) is 102 Å². The zero-order chi connectivity index (χ0) is 16.7. The molecule has 0 atom stereocenters. The highest BCUT2D eigenvalue weighted by atomic mass is 32.2. The second kappa shape index (κ2) is 5.96. The van der Waals surface area contributed by atoms with Crippen molar-refractivity contribution in [2.24, 2.45) is 7.05 Å². The summed E-state index contributed by atoms with van der Waals surface area (Å²) in [7, 11) is -5.55. The third-order valence-electron chi connectivity index (χ3n) is 3.85. The molecule has 1 aliphatic heterocycles. The van der Waals surface area contributed by atoms with E-state index in [1.165, 1.54) is 15.2 Å². The lowest BCUT2D eigenvalue weighted by molar-refractivity contribution is 0.345. The first-order valence-corrected chi connectivity index (χ1v) is 10.8. The molecule has 0 bridgehead atoms. The molecule has 126 valence electrons. The maximum absolute atomic E-state index is 12.6. The van der Waals surface area contributed by atoms with Gasteiger partial charge in [0.1, 0.15) is 10.5 Å². The van der Waals surface area contributed by atoms with Crippen LogP contribution in [0.15, 0.2) is 33.2 Å². The Labute approximate surface area is 138 Å². The van der Waals surface area contributed by atoms with Crippen LogP contribution in [-0.4, -0.2) is 54.2 Å². The van der Waals surface area contributed by atoms with Crippen molar-refractivity contribution in [3.8, 4) is 0 Å².